The second-order valence-corrected chi connectivity index (χ2v) is 6.98. The summed E-state index contributed by atoms with van der Waals surface area (Å²) in [6.07, 6.45) is 5.92. The lowest BCUT2D eigenvalue weighted by Crippen LogP contribution is -2.25. The molecular formula is C13H19N3O3S. The number of carbonyl (C=O) groups is 1. The van der Waals surface area contributed by atoms with Crippen molar-refractivity contribution in [3.8, 4) is 0 Å². The first-order chi connectivity index (χ1) is 9.47. The molecule has 1 heterocycles. The van der Waals surface area contributed by atoms with Gasteiger partial charge in [-0.2, -0.15) is 0 Å². The molecule has 1 amide bonds. The molecule has 2 rings (SSSR count). The van der Waals surface area contributed by atoms with Crippen LogP contribution in [0.3, 0.4) is 0 Å². The Hall–Kier alpha value is -1.63. The Morgan fingerprint density at radius 1 is 1.45 bits per heavy atom. The van der Waals surface area contributed by atoms with Crippen LogP contribution in [0.15, 0.2) is 23.2 Å². The van der Waals surface area contributed by atoms with Gasteiger partial charge < -0.3 is 10.6 Å². The van der Waals surface area contributed by atoms with E-state index < -0.39 is 9.84 Å². The molecule has 0 spiro atoms. The molecular weight excluding hydrogens is 278 g/mol. The first kappa shape index (κ1) is 14.8. The molecule has 0 saturated heterocycles. The zero-order valence-electron chi connectivity index (χ0n) is 11.4. The van der Waals surface area contributed by atoms with Crippen LogP contribution >= 0.6 is 0 Å². The molecule has 0 aliphatic heterocycles. The predicted octanol–water partition coefficient (Wildman–Crippen LogP) is 0.956. The van der Waals surface area contributed by atoms with Crippen molar-refractivity contribution in [2.24, 2.45) is 0 Å². The number of amides is 1. The molecule has 1 aromatic rings. The molecule has 1 saturated carbocycles. The molecule has 0 atom stereocenters. The lowest BCUT2D eigenvalue weighted by Gasteiger charge is -2.09. The van der Waals surface area contributed by atoms with Crippen LogP contribution in [-0.4, -0.2) is 38.2 Å². The first-order valence-electron chi connectivity index (χ1n) is 6.65. The number of rotatable bonds is 7. The Morgan fingerprint density at radius 3 is 2.85 bits per heavy atom. The van der Waals surface area contributed by atoms with Crippen LogP contribution in [0, 0.1) is 0 Å². The lowest BCUT2D eigenvalue weighted by atomic mass is 10.3. The second-order valence-electron chi connectivity index (χ2n) is 4.99. The van der Waals surface area contributed by atoms with Crippen LogP contribution in [-0.2, 0) is 14.6 Å². The zero-order chi connectivity index (χ0) is 14.6. The summed E-state index contributed by atoms with van der Waals surface area (Å²) in [5, 5.41) is 5.88. The van der Waals surface area contributed by atoms with E-state index in [4.69, 9.17) is 0 Å². The van der Waals surface area contributed by atoms with Gasteiger partial charge in [0.15, 0.2) is 9.84 Å². The van der Waals surface area contributed by atoms with E-state index in [-0.39, 0.29) is 10.8 Å². The van der Waals surface area contributed by atoms with Gasteiger partial charge in [0.25, 0.3) is 0 Å². The van der Waals surface area contributed by atoms with Crippen LogP contribution in [0.2, 0.25) is 0 Å². The zero-order valence-corrected chi connectivity index (χ0v) is 12.2. The normalized spacial score (nSPS) is 14.8. The quantitative estimate of drug-likeness (QED) is 0.732. The molecule has 20 heavy (non-hydrogen) atoms. The minimum Gasteiger partial charge on any atom is -0.369 e. The van der Waals surface area contributed by atoms with E-state index in [2.05, 4.69) is 15.6 Å². The van der Waals surface area contributed by atoms with Crippen LogP contribution < -0.4 is 10.6 Å². The number of nitrogens with zero attached hydrogens (tertiary/aromatic N) is 1. The maximum atomic E-state index is 11.6. The third-order valence-corrected chi connectivity index (χ3v) is 4.11. The number of carbonyl (C=O) groups excluding carboxylic acids is 1. The highest BCUT2D eigenvalue weighted by atomic mass is 32.2. The van der Waals surface area contributed by atoms with Crippen molar-refractivity contribution in [1.29, 1.82) is 0 Å². The van der Waals surface area contributed by atoms with Gasteiger partial charge in [0, 0.05) is 31.5 Å². The lowest BCUT2D eigenvalue weighted by molar-refractivity contribution is -0.121. The maximum Gasteiger partial charge on any atom is 0.220 e. The number of sulfone groups is 1. The van der Waals surface area contributed by atoms with E-state index in [0.29, 0.717) is 31.2 Å². The summed E-state index contributed by atoms with van der Waals surface area (Å²) in [5.74, 6) is 0.399. The van der Waals surface area contributed by atoms with Crippen LogP contribution in [0.25, 0.3) is 0 Å². The summed E-state index contributed by atoms with van der Waals surface area (Å²) in [4.78, 5) is 15.7. The van der Waals surface area contributed by atoms with E-state index in [1.165, 1.54) is 12.3 Å². The van der Waals surface area contributed by atoms with Gasteiger partial charge in [0.05, 0.1) is 0 Å². The van der Waals surface area contributed by atoms with Gasteiger partial charge in [-0.25, -0.2) is 13.4 Å². The van der Waals surface area contributed by atoms with E-state index in [1.807, 2.05) is 0 Å². The Balaban J connectivity index is 1.80. The third-order valence-electron chi connectivity index (χ3n) is 2.99. The summed E-state index contributed by atoms with van der Waals surface area (Å²) >= 11 is 0. The summed E-state index contributed by atoms with van der Waals surface area (Å²) in [6, 6.07) is 3.48. The Bertz CT molecular complexity index is 582. The van der Waals surface area contributed by atoms with Crippen molar-refractivity contribution < 1.29 is 13.2 Å². The largest absolute Gasteiger partial charge is 0.369 e. The van der Waals surface area contributed by atoms with Gasteiger partial charge in [-0.15, -0.1) is 0 Å². The number of anilines is 1. The van der Waals surface area contributed by atoms with E-state index in [9.17, 15) is 13.2 Å². The first-order valence-corrected chi connectivity index (χ1v) is 8.54. The predicted molar refractivity (Wildman–Crippen MR) is 76.2 cm³/mol. The van der Waals surface area contributed by atoms with E-state index in [1.54, 1.807) is 6.07 Å². The van der Waals surface area contributed by atoms with Gasteiger partial charge in [-0.05, 0) is 31.4 Å². The fourth-order valence-corrected chi connectivity index (χ4v) is 2.61. The number of pyridine rings is 1. The van der Waals surface area contributed by atoms with Crippen molar-refractivity contribution in [2.45, 2.75) is 36.6 Å². The molecule has 6 nitrogen and oxygen atoms in total. The van der Waals surface area contributed by atoms with Gasteiger partial charge >= 0.3 is 0 Å². The molecule has 0 unspecified atom stereocenters. The second kappa shape index (κ2) is 6.21. The Morgan fingerprint density at radius 2 is 2.20 bits per heavy atom. The molecule has 7 heteroatoms. The summed E-state index contributed by atoms with van der Waals surface area (Å²) in [6.45, 7) is 0.512. The Labute approximate surface area is 118 Å². The average molecular weight is 297 g/mol. The average Bonchev–Trinajstić information content (AvgIpc) is 3.18. The summed E-state index contributed by atoms with van der Waals surface area (Å²) in [7, 11) is -3.30. The molecule has 1 aliphatic carbocycles. The summed E-state index contributed by atoms with van der Waals surface area (Å²) < 4.78 is 23.2. The monoisotopic (exact) mass is 297 g/mol. The van der Waals surface area contributed by atoms with Gasteiger partial charge in [0.1, 0.15) is 10.7 Å². The topological polar surface area (TPSA) is 88.2 Å². The SMILES string of the molecule is CS(=O)(=O)c1cccnc1NCCCC(=O)NC1CC1. The standard InChI is InChI=1S/C13H19N3O3S/c1-20(18,19)11-4-2-8-14-13(11)15-9-3-5-12(17)16-10-6-7-10/h2,4,8,10H,3,5-7,9H2,1H3,(H,14,15)(H,16,17). The molecule has 1 aromatic heterocycles. The van der Waals surface area contributed by atoms with Crippen molar-refractivity contribution >= 4 is 21.6 Å². The molecule has 110 valence electrons. The summed E-state index contributed by atoms with van der Waals surface area (Å²) in [5.41, 5.74) is 0. The van der Waals surface area contributed by atoms with Crippen molar-refractivity contribution in [2.75, 3.05) is 18.1 Å². The third kappa shape index (κ3) is 4.48. The number of nitrogens with one attached hydrogen (secondary N) is 2. The number of hydrogen-bond acceptors (Lipinski definition) is 5. The molecule has 1 aliphatic rings. The fourth-order valence-electron chi connectivity index (χ4n) is 1.81. The molecule has 0 aromatic carbocycles. The van der Waals surface area contributed by atoms with Crippen molar-refractivity contribution in [1.82, 2.24) is 10.3 Å². The maximum absolute atomic E-state index is 11.6. The van der Waals surface area contributed by atoms with Crippen LogP contribution in [0.4, 0.5) is 5.82 Å². The molecule has 0 bridgehead atoms. The Kier molecular flexibility index (Phi) is 4.59. The van der Waals surface area contributed by atoms with Crippen LogP contribution in [0.1, 0.15) is 25.7 Å². The highest BCUT2D eigenvalue weighted by molar-refractivity contribution is 7.90. The van der Waals surface area contributed by atoms with Crippen LogP contribution in [0.5, 0.6) is 0 Å². The minimum absolute atomic E-state index is 0.0543. The highest BCUT2D eigenvalue weighted by Gasteiger charge is 2.22. The smallest absolute Gasteiger partial charge is 0.220 e. The fraction of sp³-hybridized carbons (Fsp3) is 0.538. The molecule has 2 N–H and O–H groups in total. The minimum atomic E-state index is -3.30. The molecule has 1 fully saturated rings. The van der Waals surface area contributed by atoms with Gasteiger partial charge in [-0.3, -0.25) is 4.79 Å². The number of aromatic nitrogens is 1. The van der Waals surface area contributed by atoms with Gasteiger partial charge in [-0.1, -0.05) is 0 Å². The van der Waals surface area contributed by atoms with E-state index in [0.717, 1.165) is 19.1 Å². The van der Waals surface area contributed by atoms with Crippen molar-refractivity contribution in [3.63, 3.8) is 0 Å². The van der Waals surface area contributed by atoms with E-state index >= 15 is 0 Å². The van der Waals surface area contributed by atoms with Crippen molar-refractivity contribution in [3.05, 3.63) is 18.3 Å². The van der Waals surface area contributed by atoms with Gasteiger partial charge in [0.2, 0.25) is 5.91 Å². The highest BCUT2D eigenvalue weighted by Crippen LogP contribution is 2.19. The number of hydrogen-bond donors (Lipinski definition) is 2. The molecule has 0 radical (unpaired) electrons.